The van der Waals surface area contributed by atoms with Crippen molar-refractivity contribution in [3.8, 4) is 17.1 Å². The number of hydrogen-bond acceptors (Lipinski definition) is 5. The first-order valence-corrected chi connectivity index (χ1v) is 9.50. The summed E-state index contributed by atoms with van der Waals surface area (Å²) >= 11 is 5.65. The molecule has 0 bridgehead atoms. The van der Waals surface area contributed by atoms with E-state index in [9.17, 15) is 0 Å². The topological polar surface area (TPSA) is 48.1 Å². The highest BCUT2D eigenvalue weighted by Crippen LogP contribution is 2.32. The standard InChI is InChI=1S/C20H23N5OS/c1-23-19(15-7-9-17(26-2)10-8-15)22-25(20(23)27)14-24-12-4-6-18(24)16-5-3-11-21-13-16/h3,5,7-11,13,18H,4,6,12,14H2,1-2H3. The second kappa shape index (κ2) is 7.62. The van der Waals surface area contributed by atoms with Crippen molar-refractivity contribution >= 4 is 12.2 Å². The van der Waals surface area contributed by atoms with E-state index in [2.05, 4.69) is 16.0 Å². The van der Waals surface area contributed by atoms with Crippen molar-refractivity contribution in [2.24, 2.45) is 7.05 Å². The first-order chi connectivity index (χ1) is 13.2. The van der Waals surface area contributed by atoms with E-state index in [0.717, 1.165) is 34.9 Å². The zero-order valence-corrected chi connectivity index (χ0v) is 16.4. The quantitative estimate of drug-likeness (QED) is 0.629. The van der Waals surface area contributed by atoms with Crippen LogP contribution >= 0.6 is 12.2 Å². The van der Waals surface area contributed by atoms with Gasteiger partial charge in [0.05, 0.1) is 13.8 Å². The maximum absolute atomic E-state index is 5.65. The summed E-state index contributed by atoms with van der Waals surface area (Å²) < 4.78 is 9.85. The van der Waals surface area contributed by atoms with Crippen LogP contribution in [0.5, 0.6) is 5.75 Å². The number of rotatable bonds is 5. The summed E-state index contributed by atoms with van der Waals surface area (Å²) in [4.78, 5) is 6.70. The van der Waals surface area contributed by atoms with Gasteiger partial charge < -0.3 is 9.30 Å². The fraction of sp³-hybridized carbons (Fsp3) is 0.350. The van der Waals surface area contributed by atoms with E-state index in [1.165, 1.54) is 12.0 Å². The lowest BCUT2D eigenvalue weighted by Crippen LogP contribution is -2.27. The molecule has 0 saturated carbocycles. The van der Waals surface area contributed by atoms with Gasteiger partial charge >= 0.3 is 0 Å². The molecule has 0 radical (unpaired) electrons. The van der Waals surface area contributed by atoms with Crippen molar-refractivity contribution < 1.29 is 4.74 Å². The predicted octanol–water partition coefficient (Wildman–Crippen LogP) is 3.82. The summed E-state index contributed by atoms with van der Waals surface area (Å²) in [5.74, 6) is 1.69. The molecule has 1 aromatic carbocycles. The minimum atomic E-state index is 0.368. The van der Waals surface area contributed by atoms with Gasteiger partial charge in [0.25, 0.3) is 0 Å². The molecule has 3 heterocycles. The largest absolute Gasteiger partial charge is 0.497 e. The number of ether oxygens (including phenoxy) is 1. The van der Waals surface area contributed by atoms with Crippen LogP contribution < -0.4 is 4.74 Å². The summed E-state index contributed by atoms with van der Waals surface area (Å²) in [6.45, 7) is 1.72. The molecule has 1 fully saturated rings. The van der Waals surface area contributed by atoms with Crippen molar-refractivity contribution in [1.29, 1.82) is 0 Å². The molecule has 140 valence electrons. The molecule has 1 aliphatic rings. The first-order valence-electron chi connectivity index (χ1n) is 9.09. The van der Waals surface area contributed by atoms with Crippen LogP contribution in [0.25, 0.3) is 11.4 Å². The molecule has 0 aliphatic carbocycles. The van der Waals surface area contributed by atoms with Crippen LogP contribution in [0.2, 0.25) is 0 Å². The molecule has 4 rings (SSSR count). The molecule has 0 N–H and O–H groups in total. The van der Waals surface area contributed by atoms with E-state index < -0.39 is 0 Å². The lowest BCUT2D eigenvalue weighted by atomic mass is 10.1. The highest BCUT2D eigenvalue weighted by atomic mass is 32.1. The van der Waals surface area contributed by atoms with Crippen molar-refractivity contribution in [2.75, 3.05) is 13.7 Å². The summed E-state index contributed by atoms with van der Waals surface area (Å²) in [5, 5.41) is 4.80. The lowest BCUT2D eigenvalue weighted by Gasteiger charge is -2.24. The molecule has 3 aromatic rings. The highest BCUT2D eigenvalue weighted by molar-refractivity contribution is 7.71. The van der Waals surface area contributed by atoms with Gasteiger partial charge in [0.15, 0.2) is 10.6 Å². The van der Waals surface area contributed by atoms with Crippen LogP contribution in [-0.4, -0.2) is 37.9 Å². The Bertz CT molecular complexity index is 964. The van der Waals surface area contributed by atoms with Gasteiger partial charge in [-0.25, -0.2) is 4.68 Å². The Morgan fingerprint density at radius 1 is 1.22 bits per heavy atom. The average Bonchev–Trinajstić information content (AvgIpc) is 3.29. The smallest absolute Gasteiger partial charge is 0.199 e. The van der Waals surface area contributed by atoms with Gasteiger partial charge in [0, 0.05) is 37.6 Å². The zero-order chi connectivity index (χ0) is 18.8. The number of nitrogens with zero attached hydrogens (tertiary/aromatic N) is 5. The first kappa shape index (κ1) is 17.9. The van der Waals surface area contributed by atoms with E-state index in [-0.39, 0.29) is 0 Å². The van der Waals surface area contributed by atoms with Crippen LogP contribution in [0.3, 0.4) is 0 Å². The van der Waals surface area contributed by atoms with Crippen molar-refractivity contribution in [3.05, 3.63) is 59.1 Å². The molecule has 7 heteroatoms. The van der Waals surface area contributed by atoms with E-state index in [1.807, 2.05) is 59.0 Å². The molecular weight excluding hydrogens is 358 g/mol. The molecule has 1 saturated heterocycles. The van der Waals surface area contributed by atoms with E-state index in [4.69, 9.17) is 22.1 Å². The molecule has 1 aliphatic heterocycles. The minimum absolute atomic E-state index is 0.368. The normalized spacial score (nSPS) is 17.3. The minimum Gasteiger partial charge on any atom is -0.497 e. The number of likely N-dealkylation sites (tertiary alicyclic amines) is 1. The molecular formula is C20H23N5OS. The Hall–Kier alpha value is -2.51. The fourth-order valence-electron chi connectivity index (χ4n) is 3.69. The van der Waals surface area contributed by atoms with E-state index >= 15 is 0 Å². The summed E-state index contributed by atoms with van der Waals surface area (Å²) in [6.07, 6.45) is 6.09. The Balaban J connectivity index is 1.60. The molecule has 27 heavy (non-hydrogen) atoms. The number of methoxy groups -OCH3 is 1. The second-order valence-electron chi connectivity index (χ2n) is 6.79. The summed E-state index contributed by atoms with van der Waals surface area (Å²) in [6, 6.07) is 12.4. The molecule has 1 unspecified atom stereocenters. The molecule has 1 atom stereocenters. The number of hydrogen-bond donors (Lipinski definition) is 0. The number of benzene rings is 1. The van der Waals surface area contributed by atoms with Gasteiger partial charge in [-0.1, -0.05) is 6.07 Å². The third-order valence-corrected chi connectivity index (χ3v) is 5.62. The van der Waals surface area contributed by atoms with E-state index in [0.29, 0.717) is 12.7 Å². The average molecular weight is 382 g/mol. The predicted molar refractivity (Wildman–Crippen MR) is 107 cm³/mol. The molecule has 0 amide bonds. The molecule has 2 aromatic heterocycles. The van der Waals surface area contributed by atoms with Crippen LogP contribution in [0.1, 0.15) is 24.4 Å². The van der Waals surface area contributed by atoms with Gasteiger partial charge in [-0.15, -0.1) is 0 Å². The van der Waals surface area contributed by atoms with Crippen LogP contribution in [0, 0.1) is 4.77 Å². The van der Waals surface area contributed by atoms with Gasteiger partial charge in [-0.3, -0.25) is 9.88 Å². The SMILES string of the molecule is COc1ccc(-c2nn(CN3CCCC3c3cccnc3)c(=S)n2C)cc1. The zero-order valence-electron chi connectivity index (χ0n) is 15.6. The van der Waals surface area contributed by atoms with Crippen molar-refractivity contribution in [2.45, 2.75) is 25.6 Å². The molecule has 0 spiro atoms. The maximum atomic E-state index is 5.65. The van der Waals surface area contributed by atoms with Crippen molar-refractivity contribution in [1.82, 2.24) is 24.2 Å². The number of pyridine rings is 1. The fourth-order valence-corrected chi connectivity index (χ4v) is 3.87. The third-order valence-electron chi connectivity index (χ3n) is 5.14. The highest BCUT2D eigenvalue weighted by Gasteiger charge is 2.27. The maximum Gasteiger partial charge on any atom is 0.199 e. The van der Waals surface area contributed by atoms with Crippen LogP contribution in [-0.2, 0) is 13.7 Å². The van der Waals surface area contributed by atoms with Crippen molar-refractivity contribution in [3.63, 3.8) is 0 Å². The van der Waals surface area contributed by atoms with E-state index in [1.54, 1.807) is 7.11 Å². The van der Waals surface area contributed by atoms with Crippen LogP contribution in [0.15, 0.2) is 48.8 Å². The third kappa shape index (κ3) is 3.52. The number of aromatic nitrogens is 4. The van der Waals surface area contributed by atoms with Gasteiger partial charge in [-0.2, -0.15) is 5.10 Å². The Morgan fingerprint density at radius 3 is 2.74 bits per heavy atom. The molecule has 6 nitrogen and oxygen atoms in total. The second-order valence-corrected chi connectivity index (χ2v) is 7.16. The van der Waals surface area contributed by atoms with Gasteiger partial charge in [0.1, 0.15) is 5.75 Å². The summed E-state index contributed by atoms with van der Waals surface area (Å²) in [7, 11) is 3.63. The monoisotopic (exact) mass is 381 g/mol. The Morgan fingerprint density at radius 2 is 2.04 bits per heavy atom. The van der Waals surface area contributed by atoms with Gasteiger partial charge in [-0.05, 0) is 61.0 Å². The lowest BCUT2D eigenvalue weighted by molar-refractivity contribution is 0.189. The van der Waals surface area contributed by atoms with Crippen LogP contribution in [0.4, 0.5) is 0 Å². The Labute approximate surface area is 164 Å². The summed E-state index contributed by atoms with van der Waals surface area (Å²) in [5.41, 5.74) is 2.28. The Kier molecular flexibility index (Phi) is 5.05. The van der Waals surface area contributed by atoms with Gasteiger partial charge in [0.2, 0.25) is 0 Å².